The smallest absolute Gasteiger partial charge is 0.325 e. The third-order valence-corrected chi connectivity index (χ3v) is 5.91. The fourth-order valence-electron chi connectivity index (χ4n) is 3.70. The zero-order chi connectivity index (χ0) is 23.9. The molecule has 1 aliphatic rings. The summed E-state index contributed by atoms with van der Waals surface area (Å²) in [5.41, 5.74) is 13.5. The Morgan fingerprint density at radius 1 is 1.06 bits per heavy atom. The molecule has 1 aliphatic carbocycles. The van der Waals surface area contributed by atoms with E-state index in [1.54, 1.807) is 59.4 Å². The van der Waals surface area contributed by atoms with Crippen LogP contribution in [0.25, 0.3) is 5.69 Å². The first-order valence-corrected chi connectivity index (χ1v) is 10.8. The van der Waals surface area contributed by atoms with Gasteiger partial charge in [-0.2, -0.15) is 5.10 Å². The summed E-state index contributed by atoms with van der Waals surface area (Å²) in [7, 11) is 0. The largest absolute Gasteiger partial charge is 0.457 e. The Bertz CT molecular complexity index is 1350. The molecule has 4 N–H and O–H groups in total. The number of nitrogens with zero attached hydrogens (tertiary/aromatic N) is 4. The number of pyridine rings is 1. The molecule has 2 amide bonds. The molecule has 4 aromatic rings. The van der Waals surface area contributed by atoms with E-state index in [9.17, 15) is 9.18 Å². The van der Waals surface area contributed by atoms with Gasteiger partial charge >= 0.3 is 6.03 Å². The number of primary amides is 1. The summed E-state index contributed by atoms with van der Waals surface area (Å²) in [5, 5.41) is 4.76. The van der Waals surface area contributed by atoms with E-state index in [2.05, 4.69) is 11.9 Å². The van der Waals surface area contributed by atoms with Gasteiger partial charge in [-0.25, -0.2) is 23.8 Å². The highest BCUT2D eigenvalue weighted by atomic mass is 19.1. The fourth-order valence-corrected chi connectivity index (χ4v) is 3.70. The molecule has 1 saturated carbocycles. The summed E-state index contributed by atoms with van der Waals surface area (Å²) in [5.74, 6) is 1.56. The Labute approximate surface area is 195 Å². The Hall–Kier alpha value is -4.40. The van der Waals surface area contributed by atoms with Crippen molar-refractivity contribution >= 4 is 23.4 Å². The molecular weight excluding hydrogens is 435 g/mol. The van der Waals surface area contributed by atoms with Crippen molar-refractivity contribution in [3.05, 3.63) is 84.4 Å². The summed E-state index contributed by atoms with van der Waals surface area (Å²) in [6.45, 7) is 2.13. The van der Waals surface area contributed by atoms with Crippen molar-refractivity contribution in [1.82, 2.24) is 14.8 Å². The van der Waals surface area contributed by atoms with Gasteiger partial charge in [0, 0.05) is 23.7 Å². The lowest BCUT2D eigenvalue weighted by Gasteiger charge is -2.21. The number of nitrogen functional groups attached to an aromatic ring is 1. The molecule has 0 spiro atoms. The van der Waals surface area contributed by atoms with Crippen molar-refractivity contribution in [1.29, 1.82) is 0 Å². The second kappa shape index (κ2) is 8.18. The van der Waals surface area contributed by atoms with Crippen molar-refractivity contribution in [3.8, 4) is 17.2 Å². The number of urea groups is 1. The molecule has 9 heteroatoms. The molecule has 0 radical (unpaired) electrons. The molecule has 0 bridgehead atoms. The van der Waals surface area contributed by atoms with E-state index in [4.69, 9.17) is 21.3 Å². The zero-order valence-electron chi connectivity index (χ0n) is 18.5. The lowest BCUT2D eigenvalue weighted by molar-refractivity contribution is 0.256. The topological polar surface area (TPSA) is 112 Å². The second-order valence-electron chi connectivity index (χ2n) is 8.52. The highest BCUT2D eigenvalue weighted by molar-refractivity contribution is 5.98. The number of hydrogen-bond acceptors (Lipinski definition) is 5. The van der Waals surface area contributed by atoms with Crippen LogP contribution in [-0.2, 0) is 5.41 Å². The highest BCUT2D eigenvalue weighted by Crippen LogP contribution is 2.48. The van der Waals surface area contributed by atoms with E-state index in [0.29, 0.717) is 34.5 Å². The van der Waals surface area contributed by atoms with Crippen LogP contribution in [0.1, 0.15) is 25.5 Å². The van der Waals surface area contributed by atoms with Crippen LogP contribution >= 0.6 is 0 Å². The minimum Gasteiger partial charge on any atom is -0.457 e. The molecule has 2 aromatic heterocycles. The number of carbonyl (C=O) groups is 1. The van der Waals surface area contributed by atoms with Crippen molar-refractivity contribution in [2.75, 3.05) is 10.6 Å². The molecule has 2 heterocycles. The van der Waals surface area contributed by atoms with E-state index in [0.717, 1.165) is 18.5 Å². The van der Waals surface area contributed by atoms with Crippen molar-refractivity contribution in [2.24, 2.45) is 5.73 Å². The number of ether oxygens (including phenoxy) is 1. The number of amides is 2. The first-order chi connectivity index (χ1) is 16.3. The van der Waals surface area contributed by atoms with Crippen LogP contribution in [0, 0.1) is 5.82 Å². The molecule has 0 atom stereocenters. The van der Waals surface area contributed by atoms with Crippen LogP contribution in [0.2, 0.25) is 0 Å². The van der Waals surface area contributed by atoms with Crippen LogP contribution in [0.15, 0.2) is 72.9 Å². The van der Waals surface area contributed by atoms with Gasteiger partial charge in [0.2, 0.25) is 0 Å². The molecule has 0 unspecified atom stereocenters. The van der Waals surface area contributed by atoms with Gasteiger partial charge < -0.3 is 16.2 Å². The summed E-state index contributed by atoms with van der Waals surface area (Å²) < 4.78 is 21.0. The molecule has 8 nitrogen and oxygen atoms in total. The minimum absolute atomic E-state index is 0.0482. The van der Waals surface area contributed by atoms with E-state index >= 15 is 0 Å². The predicted octanol–water partition coefficient (Wildman–Crippen LogP) is 5.05. The first kappa shape index (κ1) is 21.4. The van der Waals surface area contributed by atoms with Crippen LogP contribution in [0.3, 0.4) is 0 Å². The fraction of sp³-hybridized carbons (Fsp3) is 0.160. The van der Waals surface area contributed by atoms with Gasteiger partial charge in [-0.1, -0.05) is 6.92 Å². The third-order valence-electron chi connectivity index (χ3n) is 5.91. The SMILES string of the molecule is CC1(c2cc(N(C(N)=O)c3ccc(Oc4ccnc(N)c4)cc3)n(-c3ccc(F)cc3)n2)CC1. The maximum absolute atomic E-state index is 13.5. The third kappa shape index (κ3) is 4.15. The average Bonchev–Trinajstić information content (AvgIpc) is 3.41. The number of benzene rings is 2. The number of rotatable bonds is 6. The number of nitrogens with two attached hydrogens (primary N) is 2. The maximum Gasteiger partial charge on any atom is 0.325 e. The van der Waals surface area contributed by atoms with Crippen LogP contribution in [-0.4, -0.2) is 20.8 Å². The number of aromatic nitrogens is 3. The van der Waals surface area contributed by atoms with E-state index < -0.39 is 6.03 Å². The van der Waals surface area contributed by atoms with Crippen molar-refractivity contribution in [2.45, 2.75) is 25.2 Å². The zero-order valence-corrected chi connectivity index (χ0v) is 18.5. The van der Waals surface area contributed by atoms with Crippen molar-refractivity contribution < 1.29 is 13.9 Å². The summed E-state index contributed by atoms with van der Waals surface area (Å²) >= 11 is 0. The molecular formula is C25H23FN6O2. The van der Waals surface area contributed by atoms with Gasteiger partial charge in [-0.15, -0.1) is 0 Å². The van der Waals surface area contributed by atoms with Crippen LogP contribution < -0.4 is 21.1 Å². The van der Waals surface area contributed by atoms with Crippen LogP contribution in [0.5, 0.6) is 11.5 Å². The first-order valence-electron chi connectivity index (χ1n) is 10.8. The summed E-state index contributed by atoms with van der Waals surface area (Å²) in [4.78, 5) is 17.9. The molecule has 5 rings (SSSR count). The maximum atomic E-state index is 13.5. The van der Waals surface area contributed by atoms with Gasteiger partial charge in [0.05, 0.1) is 17.1 Å². The normalized spacial score (nSPS) is 13.9. The molecule has 2 aromatic carbocycles. The quantitative estimate of drug-likeness (QED) is 0.420. The molecule has 0 aliphatic heterocycles. The molecule has 34 heavy (non-hydrogen) atoms. The van der Waals surface area contributed by atoms with E-state index in [1.807, 2.05) is 6.07 Å². The predicted molar refractivity (Wildman–Crippen MR) is 127 cm³/mol. The Morgan fingerprint density at radius 3 is 2.38 bits per heavy atom. The minimum atomic E-state index is -0.675. The van der Waals surface area contributed by atoms with Gasteiger partial charge in [-0.05, 0) is 67.4 Å². The van der Waals surface area contributed by atoms with Gasteiger partial charge in [0.15, 0.2) is 0 Å². The van der Waals surface area contributed by atoms with E-state index in [-0.39, 0.29) is 11.2 Å². The standard InChI is InChI=1S/C25H23FN6O2/c1-25(11-12-25)21-15-23(32(30-21)18-4-2-16(26)3-5-18)31(24(28)33)17-6-8-19(9-7-17)34-20-10-13-29-22(27)14-20/h2-10,13-15H,11-12H2,1H3,(H2,27,29)(H2,28,33). The average molecular weight is 458 g/mol. The van der Waals surface area contributed by atoms with Gasteiger partial charge in [0.1, 0.15) is 29.0 Å². The lowest BCUT2D eigenvalue weighted by atomic mass is 10.1. The van der Waals surface area contributed by atoms with Gasteiger partial charge in [0.25, 0.3) is 0 Å². The van der Waals surface area contributed by atoms with Crippen molar-refractivity contribution in [3.63, 3.8) is 0 Å². The second-order valence-corrected chi connectivity index (χ2v) is 8.52. The van der Waals surface area contributed by atoms with Crippen LogP contribution in [0.4, 0.5) is 26.5 Å². The number of halogens is 1. The Kier molecular flexibility index (Phi) is 5.16. The summed E-state index contributed by atoms with van der Waals surface area (Å²) in [6, 6.07) is 17.3. The Morgan fingerprint density at radius 2 is 1.76 bits per heavy atom. The number of anilines is 3. The monoisotopic (exact) mass is 458 g/mol. The van der Waals surface area contributed by atoms with Gasteiger partial charge in [-0.3, -0.25) is 0 Å². The molecule has 1 fully saturated rings. The van der Waals surface area contributed by atoms with E-state index in [1.165, 1.54) is 17.0 Å². The Balaban J connectivity index is 1.52. The lowest BCUT2D eigenvalue weighted by Crippen LogP contribution is -2.33. The number of carbonyl (C=O) groups excluding carboxylic acids is 1. The molecule has 172 valence electrons. The molecule has 0 saturated heterocycles. The number of hydrogen-bond donors (Lipinski definition) is 2. The summed E-state index contributed by atoms with van der Waals surface area (Å²) in [6.07, 6.45) is 3.58. The highest BCUT2D eigenvalue weighted by Gasteiger charge is 2.42.